The van der Waals surface area contributed by atoms with Gasteiger partial charge in [0.1, 0.15) is 11.5 Å². The van der Waals surface area contributed by atoms with Crippen molar-refractivity contribution in [2.24, 2.45) is 5.73 Å². The molecule has 0 saturated carbocycles. The Morgan fingerprint density at radius 3 is 2.44 bits per heavy atom. The minimum Gasteiger partial charge on any atom is -0.497 e. The number of ether oxygens (including phenoxy) is 2. The van der Waals surface area contributed by atoms with Crippen LogP contribution in [0, 0.1) is 11.8 Å². The standard InChI is InChI=1S/C30H30N2O4/c1-19(2)36-29-26(23(18-33)16-22-17-32-28-7-5-4-6-25(22)28)14-21(15-27(29)30(31)34)9-8-20-10-12-24(35-3)13-11-20/h4-7,10-15,17,19,23,32-33H,16,18H2,1-3H3,(H2,31,34)/t23-/m0/s1. The number of para-hydroxylation sites is 1. The van der Waals surface area contributed by atoms with Gasteiger partial charge in [-0.15, -0.1) is 0 Å². The van der Waals surface area contributed by atoms with Crippen LogP contribution in [0.2, 0.25) is 0 Å². The van der Waals surface area contributed by atoms with Gasteiger partial charge < -0.3 is 25.3 Å². The van der Waals surface area contributed by atoms with Crippen LogP contribution in [0.1, 0.15) is 52.4 Å². The van der Waals surface area contributed by atoms with Crippen molar-refractivity contribution >= 4 is 16.8 Å². The maximum absolute atomic E-state index is 12.5. The van der Waals surface area contributed by atoms with E-state index >= 15 is 0 Å². The Kier molecular flexibility index (Phi) is 7.62. The fourth-order valence-corrected chi connectivity index (χ4v) is 4.23. The number of nitrogens with one attached hydrogen (secondary N) is 1. The molecule has 0 radical (unpaired) electrons. The zero-order valence-electron chi connectivity index (χ0n) is 20.7. The third-order valence-corrected chi connectivity index (χ3v) is 5.98. The number of benzene rings is 3. The number of aliphatic hydroxyl groups excluding tert-OH is 1. The third-order valence-electron chi connectivity index (χ3n) is 5.98. The molecule has 1 heterocycles. The van der Waals surface area contributed by atoms with Gasteiger partial charge in [0.05, 0.1) is 25.4 Å². The molecule has 1 atom stereocenters. The number of hydrogen-bond acceptors (Lipinski definition) is 4. The van der Waals surface area contributed by atoms with E-state index in [-0.39, 0.29) is 24.2 Å². The summed E-state index contributed by atoms with van der Waals surface area (Å²) >= 11 is 0. The highest BCUT2D eigenvalue weighted by atomic mass is 16.5. The molecule has 4 rings (SSSR count). The zero-order valence-corrected chi connectivity index (χ0v) is 20.7. The van der Waals surface area contributed by atoms with Crippen molar-refractivity contribution < 1.29 is 19.4 Å². The monoisotopic (exact) mass is 482 g/mol. The molecule has 6 heteroatoms. The Morgan fingerprint density at radius 2 is 1.78 bits per heavy atom. The fraction of sp³-hybridized carbons (Fsp3) is 0.233. The number of amides is 1. The molecular formula is C30H30N2O4. The van der Waals surface area contributed by atoms with Gasteiger partial charge in [-0.3, -0.25) is 4.79 Å². The highest BCUT2D eigenvalue weighted by Crippen LogP contribution is 2.35. The summed E-state index contributed by atoms with van der Waals surface area (Å²) in [5.74, 6) is 6.47. The number of aromatic amines is 1. The van der Waals surface area contributed by atoms with Gasteiger partial charge in [0.15, 0.2) is 0 Å². The van der Waals surface area contributed by atoms with Gasteiger partial charge in [0, 0.05) is 39.7 Å². The first kappa shape index (κ1) is 24.9. The molecule has 3 aromatic carbocycles. The van der Waals surface area contributed by atoms with Crippen LogP contribution in [0.5, 0.6) is 11.5 Å². The Labute approximate surface area is 211 Å². The van der Waals surface area contributed by atoms with E-state index in [1.165, 1.54) is 0 Å². The van der Waals surface area contributed by atoms with Crippen molar-refractivity contribution in [1.29, 1.82) is 0 Å². The number of H-pyrrole nitrogens is 1. The number of rotatable bonds is 8. The number of fused-ring (bicyclic) bond motifs is 1. The number of aromatic nitrogens is 1. The summed E-state index contributed by atoms with van der Waals surface area (Å²) in [5, 5.41) is 11.5. The van der Waals surface area contributed by atoms with Gasteiger partial charge in [-0.1, -0.05) is 30.0 Å². The molecule has 0 aliphatic heterocycles. The summed E-state index contributed by atoms with van der Waals surface area (Å²) in [5.41, 5.74) is 10.2. The van der Waals surface area contributed by atoms with Crippen LogP contribution in [0.15, 0.2) is 66.9 Å². The summed E-state index contributed by atoms with van der Waals surface area (Å²) in [4.78, 5) is 15.8. The van der Waals surface area contributed by atoms with Crippen molar-refractivity contribution in [1.82, 2.24) is 4.98 Å². The number of aliphatic hydroxyl groups is 1. The number of hydrogen-bond donors (Lipinski definition) is 3. The second-order valence-corrected chi connectivity index (χ2v) is 8.89. The fourth-order valence-electron chi connectivity index (χ4n) is 4.23. The number of carbonyl (C=O) groups is 1. The molecule has 0 aliphatic carbocycles. The molecule has 184 valence electrons. The maximum Gasteiger partial charge on any atom is 0.252 e. The van der Waals surface area contributed by atoms with Crippen molar-refractivity contribution in [2.45, 2.75) is 32.3 Å². The molecule has 0 unspecified atom stereocenters. The molecule has 1 amide bonds. The number of primary amides is 1. The molecule has 1 aromatic heterocycles. The lowest BCUT2D eigenvalue weighted by Gasteiger charge is -2.23. The lowest BCUT2D eigenvalue weighted by Crippen LogP contribution is -2.19. The summed E-state index contributed by atoms with van der Waals surface area (Å²) in [6, 6.07) is 19.0. The first-order chi connectivity index (χ1) is 17.4. The van der Waals surface area contributed by atoms with E-state index in [0.717, 1.165) is 27.8 Å². The van der Waals surface area contributed by atoms with Crippen LogP contribution < -0.4 is 15.2 Å². The summed E-state index contributed by atoms with van der Waals surface area (Å²) in [6.45, 7) is 3.64. The van der Waals surface area contributed by atoms with Crippen molar-refractivity contribution in [3.63, 3.8) is 0 Å². The van der Waals surface area contributed by atoms with Crippen molar-refractivity contribution in [3.05, 3.63) is 94.7 Å². The molecular weight excluding hydrogens is 452 g/mol. The minimum absolute atomic E-state index is 0.137. The second-order valence-electron chi connectivity index (χ2n) is 8.89. The number of carbonyl (C=O) groups excluding carboxylic acids is 1. The Balaban J connectivity index is 1.79. The molecule has 0 spiro atoms. The van der Waals surface area contributed by atoms with Gasteiger partial charge in [-0.05, 0) is 68.3 Å². The molecule has 36 heavy (non-hydrogen) atoms. The smallest absolute Gasteiger partial charge is 0.252 e. The predicted octanol–water partition coefficient (Wildman–Crippen LogP) is 4.78. The molecule has 4 N–H and O–H groups in total. The summed E-state index contributed by atoms with van der Waals surface area (Å²) < 4.78 is 11.3. The average Bonchev–Trinajstić information content (AvgIpc) is 3.29. The summed E-state index contributed by atoms with van der Waals surface area (Å²) in [7, 11) is 1.61. The molecule has 0 fully saturated rings. The van der Waals surface area contributed by atoms with E-state index in [9.17, 15) is 9.90 Å². The van der Waals surface area contributed by atoms with Crippen LogP contribution in [0.4, 0.5) is 0 Å². The van der Waals surface area contributed by atoms with Crippen molar-refractivity contribution in [2.75, 3.05) is 13.7 Å². The SMILES string of the molecule is COc1ccc(C#Cc2cc(C(N)=O)c(OC(C)C)c([C@H](CO)Cc3c[nH]c4ccccc34)c2)cc1. The minimum atomic E-state index is -0.608. The van der Waals surface area contributed by atoms with E-state index < -0.39 is 5.91 Å². The van der Waals surface area contributed by atoms with Crippen LogP contribution in [0.25, 0.3) is 10.9 Å². The molecule has 4 aromatic rings. The lowest BCUT2D eigenvalue weighted by atomic mass is 9.88. The molecule has 0 saturated heterocycles. The van der Waals surface area contributed by atoms with E-state index in [1.807, 2.05) is 74.6 Å². The highest BCUT2D eigenvalue weighted by Gasteiger charge is 2.24. The zero-order chi connectivity index (χ0) is 25.7. The third kappa shape index (κ3) is 5.54. The Morgan fingerprint density at radius 1 is 1.06 bits per heavy atom. The van der Waals surface area contributed by atoms with E-state index in [2.05, 4.69) is 16.8 Å². The van der Waals surface area contributed by atoms with E-state index in [0.29, 0.717) is 23.3 Å². The molecule has 6 nitrogen and oxygen atoms in total. The molecule has 0 bridgehead atoms. The maximum atomic E-state index is 12.5. The lowest BCUT2D eigenvalue weighted by molar-refractivity contribution is 0.0994. The molecule has 0 aliphatic rings. The van der Waals surface area contributed by atoms with Gasteiger partial charge >= 0.3 is 0 Å². The summed E-state index contributed by atoms with van der Waals surface area (Å²) in [6.07, 6.45) is 2.31. The Bertz CT molecular complexity index is 1430. The van der Waals surface area contributed by atoms with Gasteiger partial charge in [-0.2, -0.15) is 0 Å². The quantitative estimate of drug-likeness (QED) is 0.315. The van der Waals surface area contributed by atoms with Crippen LogP contribution >= 0.6 is 0 Å². The first-order valence-electron chi connectivity index (χ1n) is 11.9. The largest absolute Gasteiger partial charge is 0.497 e. The van der Waals surface area contributed by atoms with E-state index in [1.54, 1.807) is 13.2 Å². The van der Waals surface area contributed by atoms with Crippen LogP contribution in [-0.4, -0.2) is 35.8 Å². The van der Waals surface area contributed by atoms with Gasteiger partial charge in [0.25, 0.3) is 5.91 Å². The average molecular weight is 483 g/mol. The topological polar surface area (TPSA) is 97.6 Å². The van der Waals surface area contributed by atoms with Gasteiger partial charge in [0.2, 0.25) is 0 Å². The first-order valence-corrected chi connectivity index (χ1v) is 11.9. The Hall–Kier alpha value is -4.21. The normalized spacial score (nSPS) is 11.7. The number of nitrogens with two attached hydrogens (primary N) is 1. The predicted molar refractivity (Wildman–Crippen MR) is 142 cm³/mol. The number of methoxy groups -OCH3 is 1. The van der Waals surface area contributed by atoms with E-state index in [4.69, 9.17) is 15.2 Å². The van der Waals surface area contributed by atoms with Crippen molar-refractivity contribution in [3.8, 4) is 23.3 Å². The van der Waals surface area contributed by atoms with Crippen LogP contribution in [-0.2, 0) is 6.42 Å². The van der Waals surface area contributed by atoms with Crippen LogP contribution in [0.3, 0.4) is 0 Å². The highest BCUT2D eigenvalue weighted by molar-refractivity contribution is 5.96. The van der Waals surface area contributed by atoms with Gasteiger partial charge in [-0.25, -0.2) is 0 Å². The second kappa shape index (κ2) is 11.0.